The molecule has 0 spiro atoms. The molecule has 5 heteroatoms. The number of carboxylic acids is 1. The molecule has 4 nitrogen and oxygen atoms in total. The largest absolute Gasteiger partial charge is 0.478 e. The van der Waals surface area contributed by atoms with Gasteiger partial charge in [-0.2, -0.15) is 0 Å². The lowest BCUT2D eigenvalue weighted by Gasteiger charge is -2.39. The van der Waals surface area contributed by atoms with Gasteiger partial charge >= 0.3 is 5.97 Å². The minimum absolute atomic E-state index is 0.339. The van der Waals surface area contributed by atoms with E-state index in [1.54, 1.807) is 23.3 Å². The number of allylic oxidation sites excluding steroid dienone is 2. The maximum atomic E-state index is 11.0. The minimum atomic E-state index is -0.876. The number of hydrogen-bond acceptors (Lipinski definition) is 3. The molecular weight excluding hydrogens is 384 g/mol. The number of hydrogen-bond donors (Lipinski definition) is 1. The van der Waals surface area contributed by atoms with Crippen LogP contribution in [0, 0.1) is 5.41 Å². The molecule has 29 heavy (non-hydrogen) atoms. The lowest BCUT2D eigenvalue weighted by Crippen LogP contribution is -2.47. The van der Waals surface area contributed by atoms with Gasteiger partial charge < -0.3 is 10.0 Å². The van der Waals surface area contributed by atoms with Crippen molar-refractivity contribution in [3.63, 3.8) is 0 Å². The molecule has 0 aromatic heterocycles. The van der Waals surface area contributed by atoms with Crippen molar-refractivity contribution in [3.05, 3.63) is 52.6 Å². The van der Waals surface area contributed by atoms with Gasteiger partial charge in [0.25, 0.3) is 0 Å². The molecule has 2 aliphatic rings. The lowest BCUT2D eigenvalue weighted by atomic mass is 9.73. The zero-order valence-electron chi connectivity index (χ0n) is 17.7. The number of aromatic carboxylic acids is 1. The first kappa shape index (κ1) is 21.9. The number of benzene rings is 1. The number of halogens is 1. The van der Waals surface area contributed by atoms with Crippen molar-refractivity contribution >= 4 is 23.3 Å². The molecule has 1 saturated heterocycles. The van der Waals surface area contributed by atoms with E-state index in [4.69, 9.17) is 16.7 Å². The number of nitrogens with zero attached hydrogens (tertiary/aromatic N) is 2. The highest BCUT2D eigenvalue weighted by molar-refractivity contribution is 6.29. The van der Waals surface area contributed by atoms with Gasteiger partial charge in [0, 0.05) is 43.4 Å². The molecular formula is C24H33ClN2O2. The topological polar surface area (TPSA) is 43.8 Å². The molecule has 1 aliphatic heterocycles. The van der Waals surface area contributed by atoms with Crippen LogP contribution in [0.1, 0.15) is 56.3 Å². The van der Waals surface area contributed by atoms with Gasteiger partial charge in [-0.3, -0.25) is 4.90 Å². The first-order valence-corrected chi connectivity index (χ1v) is 10.9. The number of rotatable bonds is 7. The van der Waals surface area contributed by atoms with E-state index in [-0.39, 0.29) is 0 Å². The van der Waals surface area contributed by atoms with Crippen LogP contribution < -0.4 is 4.90 Å². The fourth-order valence-corrected chi connectivity index (χ4v) is 4.56. The Morgan fingerprint density at radius 3 is 2.38 bits per heavy atom. The summed E-state index contributed by atoms with van der Waals surface area (Å²) >= 11 is 6.03. The van der Waals surface area contributed by atoms with E-state index < -0.39 is 5.97 Å². The molecule has 1 N–H and O–H groups in total. The molecule has 3 rings (SSSR count). The zero-order valence-corrected chi connectivity index (χ0v) is 18.5. The summed E-state index contributed by atoms with van der Waals surface area (Å²) in [6, 6.07) is 7.22. The molecule has 158 valence electrons. The van der Waals surface area contributed by atoms with Crippen LogP contribution in [0.3, 0.4) is 0 Å². The Labute approximate surface area is 179 Å². The van der Waals surface area contributed by atoms with E-state index in [1.807, 2.05) is 12.1 Å². The van der Waals surface area contributed by atoms with Crippen LogP contribution in [0.15, 0.2) is 47.0 Å². The molecule has 0 atom stereocenters. The zero-order chi connectivity index (χ0) is 21.0. The van der Waals surface area contributed by atoms with E-state index in [2.05, 4.69) is 30.2 Å². The van der Waals surface area contributed by atoms with Crippen LogP contribution in [0.25, 0.3) is 0 Å². The number of carbonyl (C=O) groups is 1. The maximum Gasteiger partial charge on any atom is 0.335 e. The van der Waals surface area contributed by atoms with Crippen LogP contribution in [-0.4, -0.2) is 48.7 Å². The van der Waals surface area contributed by atoms with Crippen LogP contribution in [0.2, 0.25) is 0 Å². The van der Waals surface area contributed by atoms with Gasteiger partial charge in [-0.15, -0.1) is 0 Å². The lowest BCUT2D eigenvalue weighted by molar-refractivity contribution is 0.0697. The Morgan fingerprint density at radius 2 is 1.79 bits per heavy atom. The molecule has 1 aromatic carbocycles. The van der Waals surface area contributed by atoms with E-state index in [1.165, 1.54) is 19.3 Å². The third-order valence-electron chi connectivity index (χ3n) is 6.26. The van der Waals surface area contributed by atoms with Crippen molar-refractivity contribution in [2.45, 2.75) is 46.0 Å². The quantitative estimate of drug-likeness (QED) is 0.592. The fraction of sp³-hybridized carbons (Fsp3) is 0.542. The summed E-state index contributed by atoms with van der Waals surface area (Å²) in [5, 5.41) is 9.82. The van der Waals surface area contributed by atoms with Gasteiger partial charge in [-0.05, 0) is 61.8 Å². The van der Waals surface area contributed by atoms with Gasteiger partial charge in [0.05, 0.1) is 5.56 Å². The van der Waals surface area contributed by atoms with Gasteiger partial charge in [-0.25, -0.2) is 4.79 Å². The summed E-state index contributed by atoms with van der Waals surface area (Å²) < 4.78 is 0. The highest BCUT2D eigenvalue weighted by Crippen LogP contribution is 2.40. The fourth-order valence-electron chi connectivity index (χ4n) is 4.46. The molecule has 0 radical (unpaired) electrons. The SMILES string of the molecule is C=C(Cl)CCC1=C(CN2CCN(c3ccc(C(=O)O)cc3)CC2)CC(C)(C)CC1. The van der Waals surface area contributed by atoms with Crippen molar-refractivity contribution in [2.75, 3.05) is 37.6 Å². The number of piperazine rings is 1. The highest BCUT2D eigenvalue weighted by Gasteiger charge is 2.28. The molecule has 1 heterocycles. The van der Waals surface area contributed by atoms with Crippen LogP contribution >= 0.6 is 11.6 Å². The van der Waals surface area contributed by atoms with Crippen molar-refractivity contribution in [1.29, 1.82) is 0 Å². The maximum absolute atomic E-state index is 11.0. The van der Waals surface area contributed by atoms with Gasteiger partial charge in [0.15, 0.2) is 0 Å². The third-order valence-corrected chi connectivity index (χ3v) is 6.45. The normalized spacial score (nSPS) is 20.0. The molecule has 1 aromatic rings. The van der Waals surface area contributed by atoms with E-state index in [9.17, 15) is 4.79 Å². The number of anilines is 1. The molecule has 1 aliphatic carbocycles. The van der Waals surface area contributed by atoms with E-state index >= 15 is 0 Å². The minimum Gasteiger partial charge on any atom is -0.478 e. The summed E-state index contributed by atoms with van der Waals surface area (Å²) in [5.41, 5.74) is 5.03. The van der Waals surface area contributed by atoms with E-state index in [0.29, 0.717) is 11.0 Å². The highest BCUT2D eigenvalue weighted by atomic mass is 35.5. The first-order chi connectivity index (χ1) is 13.7. The van der Waals surface area contributed by atoms with Crippen LogP contribution in [0.4, 0.5) is 5.69 Å². The van der Waals surface area contributed by atoms with Crippen molar-refractivity contribution in [3.8, 4) is 0 Å². The van der Waals surface area contributed by atoms with Crippen molar-refractivity contribution in [1.82, 2.24) is 4.90 Å². The second kappa shape index (κ2) is 9.36. The van der Waals surface area contributed by atoms with Crippen LogP contribution in [0.5, 0.6) is 0 Å². The Hall–Kier alpha value is -1.78. The van der Waals surface area contributed by atoms with Crippen LogP contribution in [-0.2, 0) is 0 Å². The summed E-state index contributed by atoms with van der Waals surface area (Å²) in [7, 11) is 0. The summed E-state index contributed by atoms with van der Waals surface area (Å²) in [4.78, 5) is 16.0. The Balaban J connectivity index is 1.60. The van der Waals surface area contributed by atoms with Gasteiger partial charge in [0.1, 0.15) is 0 Å². The third kappa shape index (κ3) is 6.10. The van der Waals surface area contributed by atoms with E-state index in [0.717, 1.165) is 56.3 Å². The average Bonchev–Trinajstić information content (AvgIpc) is 2.67. The van der Waals surface area contributed by atoms with Gasteiger partial charge in [0.2, 0.25) is 0 Å². The summed E-state index contributed by atoms with van der Waals surface area (Å²) in [5.74, 6) is -0.876. The Kier molecular flexibility index (Phi) is 7.07. The predicted octanol–water partition coefficient (Wildman–Crippen LogP) is 5.55. The number of carboxylic acid groups (broad SMARTS) is 1. The summed E-state index contributed by atoms with van der Waals surface area (Å²) in [6.45, 7) is 13.7. The molecule has 1 fully saturated rings. The molecule has 0 unspecified atom stereocenters. The standard InChI is InChI=1S/C24H33ClN2O2/c1-18(25)4-5-19-10-11-24(2,3)16-21(19)17-26-12-14-27(15-13-26)22-8-6-20(7-9-22)23(28)29/h6-9H,1,4-5,10-17H2,2-3H3,(H,28,29). The molecule has 0 saturated carbocycles. The summed E-state index contributed by atoms with van der Waals surface area (Å²) in [6.07, 6.45) is 5.53. The van der Waals surface area contributed by atoms with Gasteiger partial charge in [-0.1, -0.05) is 43.2 Å². The Bertz CT molecular complexity index is 775. The Morgan fingerprint density at radius 1 is 1.14 bits per heavy atom. The first-order valence-electron chi connectivity index (χ1n) is 10.6. The van der Waals surface area contributed by atoms with Crippen molar-refractivity contribution in [2.24, 2.45) is 5.41 Å². The monoisotopic (exact) mass is 416 g/mol. The second-order valence-corrected chi connectivity index (χ2v) is 9.72. The van der Waals surface area contributed by atoms with Crippen molar-refractivity contribution < 1.29 is 9.90 Å². The predicted molar refractivity (Wildman–Crippen MR) is 121 cm³/mol. The smallest absolute Gasteiger partial charge is 0.335 e. The molecule has 0 bridgehead atoms. The molecule has 0 amide bonds. The second-order valence-electron chi connectivity index (χ2n) is 9.18. The average molecular weight is 417 g/mol.